The third kappa shape index (κ3) is 8.71. The van der Waals surface area contributed by atoms with Gasteiger partial charge in [-0.05, 0) is 99.6 Å². The normalized spacial score (nSPS) is 14.9. The van der Waals surface area contributed by atoms with Crippen LogP contribution in [0.4, 0.5) is 0 Å². The fraction of sp³-hybridized carbons (Fsp3) is 0.481. The Morgan fingerprint density at radius 1 is 0.912 bits per heavy atom. The average Bonchev–Trinajstić information content (AvgIpc) is 2.85. The number of hydrogen-bond acceptors (Lipinski definition) is 5. The summed E-state index contributed by atoms with van der Waals surface area (Å²) in [5, 5.41) is 7.43. The summed E-state index contributed by atoms with van der Waals surface area (Å²) in [6.07, 6.45) is 5.85. The Balaban J connectivity index is 0.00000408. The van der Waals surface area contributed by atoms with E-state index in [0.717, 1.165) is 54.5 Å². The predicted octanol–water partition coefficient (Wildman–Crippen LogP) is 4.28. The highest BCUT2D eigenvalue weighted by atomic mass is 16.5. The van der Waals surface area contributed by atoms with Crippen LogP contribution in [0.2, 0.25) is 0 Å². The number of benzene rings is 2. The lowest BCUT2D eigenvalue weighted by molar-refractivity contribution is 0.161. The first-order chi connectivity index (χ1) is 16.0. The number of nitrogens with zero attached hydrogens (tertiary/aromatic N) is 2. The summed E-state index contributed by atoms with van der Waals surface area (Å²) < 4.78 is 11.7. The average molecular weight is 468 g/mol. The van der Waals surface area contributed by atoms with Crippen molar-refractivity contribution in [2.24, 2.45) is 22.4 Å². The topological polar surface area (TPSA) is 110 Å². The van der Waals surface area contributed by atoms with E-state index >= 15 is 0 Å². The molecule has 0 aromatic heterocycles. The number of nitrogen functional groups attached to an aromatic ring is 1. The molecular formula is C27H41N5O2. The van der Waals surface area contributed by atoms with Gasteiger partial charge in [0, 0.05) is 24.7 Å². The van der Waals surface area contributed by atoms with Crippen molar-refractivity contribution in [1.29, 1.82) is 5.41 Å². The van der Waals surface area contributed by atoms with E-state index < -0.39 is 0 Å². The number of piperidine rings is 1. The number of nitrogens with two attached hydrogens (primary N) is 2. The molecule has 2 aromatic rings. The molecule has 7 heteroatoms. The van der Waals surface area contributed by atoms with Gasteiger partial charge < -0.3 is 25.8 Å². The molecule has 0 atom stereocenters. The quantitative estimate of drug-likeness (QED) is 0.245. The van der Waals surface area contributed by atoms with Crippen LogP contribution in [0.1, 0.15) is 50.7 Å². The molecule has 0 amide bonds. The molecule has 0 radical (unpaired) electrons. The summed E-state index contributed by atoms with van der Waals surface area (Å²) in [6, 6.07) is 15.2. The van der Waals surface area contributed by atoms with Crippen LogP contribution in [0, 0.1) is 11.3 Å². The van der Waals surface area contributed by atoms with E-state index in [0.29, 0.717) is 12.4 Å². The van der Waals surface area contributed by atoms with Gasteiger partial charge >= 0.3 is 0 Å². The fourth-order valence-corrected chi connectivity index (χ4v) is 4.12. The van der Waals surface area contributed by atoms with Gasteiger partial charge in [0.05, 0.1) is 13.2 Å². The molecule has 1 aliphatic rings. The van der Waals surface area contributed by atoms with Crippen molar-refractivity contribution in [3.8, 4) is 11.5 Å². The minimum absolute atomic E-state index is 0. The molecule has 2 aromatic carbocycles. The van der Waals surface area contributed by atoms with Gasteiger partial charge in [0.15, 0.2) is 0 Å². The van der Waals surface area contributed by atoms with Crippen molar-refractivity contribution in [1.82, 2.24) is 4.90 Å². The van der Waals surface area contributed by atoms with Gasteiger partial charge in [-0.2, -0.15) is 0 Å². The van der Waals surface area contributed by atoms with Gasteiger partial charge in [0.1, 0.15) is 23.2 Å². The first-order valence-electron chi connectivity index (χ1n) is 11.8. The number of rotatable bonds is 12. The summed E-state index contributed by atoms with van der Waals surface area (Å²) in [6.45, 7) is 4.86. The van der Waals surface area contributed by atoms with Crippen molar-refractivity contribution in [3.63, 3.8) is 0 Å². The molecule has 1 fully saturated rings. The molecule has 0 bridgehead atoms. The summed E-state index contributed by atoms with van der Waals surface area (Å²) in [5.74, 6) is 3.13. The third-order valence-corrected chi connectivity index (χ3v) is 6.18. The largest absolute Gasteiger partial charge is 0.494 e. The van der Waals surface area contributed by atoms with Crippen molar-refractivity contribution in [2.75, 3.05) is 39.9 Å². The van der Waals surface area contributed by atoms with Gasteiger partial charge in [0.25, 0.3) is 0 Å². The zero-order valence-electron chi connectivity index (χ0n) is 19.6. The second kappa shape index (κ2) is 14.3. The van der Waals surface area contributed by atoms with Gasteiger partial charge in [-0.1, -0.05) is 7.43 Å². The maximum absolute atomic E-state index is 7.43. The van der Waals surface area contributed by atoms with Gasteiger partial charge in [-0.3, -0.25) is 10.4 Å². The van der Waals surface area contributed by atoms with Crippen molar-refractivity contribution >= 4 is 11.7 Å². The summed E-state index contributed by atoms with van der Waals surface area (Å²) in [7, 11) is 1.69. The Kier molecular flexibility index (Phi) is 11.4. The highest BCUT2D eigenvalue weighted by molar-refractivity contribution is 5.97. The number of hydrogen-bond donors (Lipinski definition) is 3. The van der Waals surface area contributed by atoms with Crippen LogP contribution in [0.3, 0.4) is 0 Å². The summed E-state index contributed by atoms with van der Waals surface area (Å²) in [4.78, 5) is 6.54. The molecule has 7 nitrogen and oxygen atoms in total. The maximum atomic E-state index is 7.43. The predicted molar refractivity (Wildman–Crippen MR) is 141 cm³/mol. The number of nitrogens with one attached hydrogen (secondary N) is 1. The van der Waals surface area contributed by atoms with E-state index in [1.165, 1.54) is 32.4 Å². The molecule has 3 rings (SSSR count). The fourth-order valence-electron chi connectivity index (χ4n) is 4.12. The Labute approximate surface area is 204 Å². The Bertz CT molecular complexity index is 888. The summed E-state index contributed by atoms with van der Waals surface area (Å²) >= 11 is 0. The van der Waals surface area contributed by atoms with Crippen LogP contribution in [0.15, 0.2) is 53.5 Å². The van der Waals surface area contributed by atoms with Crippen molar-refractivity contribution < 1.29 is 9.47 Å². The lowest BCUT2D eigenvalue weighted by atomic mass is 9.92. The molecular weight excluding hydrogens is 426 g/mol. The molecule has 0 saturated carbocycles. The minimum atomic E-state index is 0. The SMILES string of the molecule is C.CN=C(N)c1ccc(OCCCC2CCN(CCCOc3ccc(C(=N)N)cc3)CC2)cc1. The number of amidine groups is 2. The second-order valence-corrected chi connectivity index (χ2v) is 8.55. The minimum Gasteiger partial charge on any atom is -0.494 e. The first kappa shape index (κ1) is 27.2. The molecule has 186 valence electrons. The van der Waals surface area contributed by atoms with E-state index in [4.69, 9.17) is 26.4 Å². The van der Waals surface area contributed by atoms with Gasteiger partial charge in [0.2, 0.25) is 0 Å². The molecule has 0 unspecified atom stereocenters. The summed E-state index contributed by atoms with van der Waals surface area (Å²) in [5.41, 5.74) is 12.9. The standard InChI is InChI=1S/C26H37N5O2.CH4/c1-30-26(29)22-7-11-24(12-8-22)32-18-2-4-20-13-16-31(17-14-20)15-3-19-33-23-9-5-21(6-10-23)25(27)28;/h5-12,20H,2-4,13-19H2,1H3,(H3,27,28)(H2,29,30);1H4. The molecule has 34 heavy (non-hydrogen) atoms. The first-order valence-corrected chi connectivity index (χ1v) is 11.8. The van der Waals surface area contributed by atoms with E-state index in [1.54, 1.807) is 7.05 Å². The van der Waals surface area contributed by atoms with Crippen LogP contribution in [-0.4, -0.2) is 56.5 Å². The van der Waals surface area contributed by atoms with Crippen LogP contribution in [0.5, 0.6) is 11.5 Å². The highest BCUT2D eigenvalue weighted by Gasteiger charge is 2.18. The number of aliphatic imine (C=N–C) groups is 1. The zero-order valence-corrected chi connectivity index (χ0v) is 19.6. The van der Waals surface area contributed by atoms with Crippen LogP contribution >= 0.6 is 0 Å². The highest BCUT2D eigenvalue weighted by Crippen LogP contribution is 2.22. The third-order valence-electron chi connectivity index (χ3n) is 6.18. The number of ether oxygens (including phenoxy) is 2. The molecule has 5 N–H and O–H groups in total. The van der Waals surface area contributed by atoms with E-state index in [1.807, 2.05) is 48.5 Å². The van der Waals surface area contributed by atoms with E-state index in [-0.39, 0.29) is 13.3 Å². The Morgan fingerprint density at radius 2 is 1.44 bits per heavy atom. The van der Waals surface area contributed by atoms with Crippen LogP contribution < -0.4 is 20.9 Å². The molecule has 0 spiro atoms. The maximum Gasteiger partial charge on any atom is 0.125 e. The lowest BCUT2D eigenvalue weighted by Gasteiger charge is -2.32. The Hall–Kier alpha value is -3.06. The van der Waals surface area contributed by atoms with E-state index in [2.05, 4.69) is 9.89 Å². The van der Waals surface area contributed by atoms with E-state index in [9.17, 15) is 0 Å². The monoisotopic (exact) mass is 467 g/mol. The number of likely N-dealkylation sites (tertiary alicyclic amines) is 1. The molecule has 0 aliphatic carbocycles. The molecule has 1 saturated heterocycles. The smallest absolute Gasteiger partial charge is 0.125 e. The van der Waals surface area contributed by atoms with Gasteiger partial charge in [-0.15, -0.1) is 0 Å². The lowest BCUT2D eigenvalue weighted by Crippen LogP contribution is -2.35. The van der Waals surface area contributed by atoms with Crippen LogP contribution in [-0.2, 0) is 0 Å². The van der Waals surface area contributed by atoms with Crippen molar-refractivity contribution in [2.45, 2.75) is 39.5 Å². The molecule has 1 aliphatic heterocycles. The van der Waals surface area contributed by atoms with Crippen molar-refractivity contribution in [3.05, 3.63) is 59.7 Å². The second-order valence-electron chi connectivity index (χ2n) is 8.55. The van der Waals surface area contributed by atoms with Gasteiger partial charge in [-0.25, -0.2) is 0 Å². The van der Waals surface area contributed by atoms with Crippen LogP contribution in [0.25, 0.3) is 0 Å². The molecule has 1 heterocycles. The Morgan fingerprint density at radius 3 is 1.97 bits per heavy atom. The zero-order chi connectivity index (χ0) is 23.5.